The monoisotopic (exact) mass is 288 g/mol. The van der Waals surface area contributed by atoms with Crippen LogP contribution in [0.4, 0.5) is 0 Å². The number of fused-ring (bicyclic) bond motifs is 1. The number of ether oxygens (including phenoxy) is 1. The summed E-state index contributed by atoms with van der Waals surface area (Å²) in [7, 11) is 1.58. The molecule has 2 rings (SSSR count). The molecule has 5 heteroatoms. The molecular weight excluding hydrogens is 268 g/mol. The quantitative estimate of drug-likeness (QED) is 0.857. The number of hydrogen-bond acceptors (Lipinski definition) is 3. The van der Waals surface area contributed by atoms with Crippen LogP contribution in [0.1, 0.15) is 24.4 Å². The number of carbonyl (C=O) groups is 2. The molecule has 0 unspecified atom stereocenters. The van der Waals surface area contributed by atoms with Gasteiger partial charge in [-0.2, -0.15) is 0 Å². The summed E-state index contributed by atoms with van der Waals surface area (Å²) >= 11 is 0. The minimum Gasteiger partial charge on any atom is -0.493 e. The minimum atomic E-state index is -0.269. The normalized spacial score (nSPS) is 16.9. The number of rotatable bonds is 4. The van der Waals surface area contributed by atoms with Crippen LogP contribution in [0.25, 0.3) is 0 Å². The van der Waals surface area contributed by atoms with Crippen LogP contribution in [0, 0.1) is 0 Å². The highest BCUT2D eigenvalue weighted by Crippen LogP contribution is 2.30. The molecule has 0 aliphatic carbocycles. The fourth-order valence-corrected chi connectivity index (χ4v) is 2.36. The summed E-state index contributed by atoms with van der Waals surface area (Å²) in [4.78, 5) is 24.8. The van der Waals surface area contributed by atoms with E-state index in [0.717, 1.165) is 24.2 Å². The van der Waals surface area contributed by atoms with Crippen molar-refractivity contribution in [3.05, 3.63) is 42.5 Å². The first-order valence-corrected chi connectivity index (χ1v) is 7.00. The van der Waals surface area contributed by atoms with E-state index >= 15 is 0 Å². The predicted molar refractivity (Wildman–Crippen MR) is 79.9 cm³/mol. The summed E-state index contributed by atoms with van der Waals surface area (Å²) in [5.41, 5.74) is 0.987. The molecule has 0 fully saturated rings. The van der Waals surface area contributed by atoms with Crippen LogP contribution in [-0.4, -0.2) is 36.9 Å². The highest BCUT2D eigenvalue weighted by Gasteiger charge is 2.21. The van der Waals surface area contributed by atoms with E-state index in [4.69, 9.17) is 4.74 Å². The molecule has 1 aliphatic heterocycles. The number of amides is 2. The van der Waals surface area contributed by atoms with Gasteiger partial charge in [-0.3, -0.25) is 9.59 Å². The molecule has 0 aromatic heterocycles. The number of carbonyl (C=O) groups excluding carboxylic acids is 2. The Morgan fingerprint density at radius 2 is 2.24 bits per heavy atom. The maximum atomic E-state index is 12.1. The maximum Gasteiger partial charge on any atom is 0.246 e. The number of nitrogens with zero attached hydrogens (tertiary/aromatic N) is 1. The molecule has 0 radical (unpaired) electrons. The molecular formula is C16H20N2O3. The standard InChI is InChI=1S/C16H20N2O3/c1-3-16(20)18(2)11-15(19)17-13-8-6-10-21-14-9-5-4-7-12(13)14/h3-5,7,9,13H,1,6,8,10-11H2,2H3,(H,17,19)/t13-/m0/s1. The van der Waals surface area contributed by atoms with Gasteiger partial charge in [-0.15, -0.1) is 0 Å². The highest BCUT2D eigenvalue weighted by molar-refractivity contribution is 5.90. The van der Waals surface area contributed by atoms with Crippen molar-refractivity contribution >= 4 is 11.8 Å². The number of benzene rings is 1. The van der Waals surface area contributed by atoms with E-state index in [9.17, 15) is 9.59 Å². The van der Waals surface area contributed by atoms with Gasteiger partial charge in [0.15, 0.2) is 0 Å². The molecule has 0 saturated heterocycles. The van der Waals surface area contributed by atoms with E-state index in [1.54, 1.807) is 7.05 Å². The van der Waals surface area contributed by atoms with Crippen molar-refractivity contribution in [2.45, 2.75) is 18.9 Å². The van der Waals surface area contributed by atoms with Gasteiger partial charge < -0.3 is 15.0 Å². The second kappa shape index (κ2) is 6.92. The Hall–Kier alpha value is -2.30. The second-order valence-electron chi connectivity index (χ2n) is 5.05. The van der Waals surface area contributed by atoms with Crippen LogP contribution >= 0.6 is 0 Å². The van der Waals surface area contributed by atoms with Gasteiger partial charge in [0.1, 0.15) is 5.75 Å². The van der Waals surface area contributed by atoms with Crippen LogP contribution in [-0.2, 0) is 9.59 Å². The lowest BCUT2D eigenvalue weighted by atomic mass is 10.0. The zero-order chi connectivity index (χ0) is 15.2. The van der Waals surface area contributed by atoms with Crippen molar-refractivity contribution in [3.8, 4) is 5.75 Å². The van der Waals surface area contributed by atoms with Gasteiger partial charge in [-0.05, 0) is 25.0 Å². The van der Waals surface area contributed by atoms with E-state index in [2.05, 4.69) is 11.9 Å². The number of hydrogen-bond donors (Lipinski definition) is 1. The number of para-hydroxylation sites is 1. The SMILES string of the molecule is C=CC(=O)N(C)CC(=O)N[C@H]1CCCOc2ccccc21. The zero-order valence-corrected chi connectivity index (χ0v) is 12.2. The van der Waals surface area contributed by atoms with Crippen molar-refractivity contribution < 1.29 is 14.3 Å². The highest BCUT2D eigenvalue weighted by atomic mass is 16.5. The fraction of sp³-hybridized carbons (Fsp3) is 0.375. The maximum absolute atomic E-state index is 12.1. The Labute approximate surface area is 124 Å². The Morgan fingerprint density at radius 3 is 3.00 bits per heavy atom. The molecule has 2 amide bonds. The molecule has 0 bridgehead atoms. The third-order valence-electron chi connectivity index (χ3n) is 3.46. The molecule has 1 atom stereocenters. The van der Waals surface area contributed by atoms with E-state index < -0.39 is 0 Å². The van der Waals surface area contributed by atoms with Gasteiger partial charge in [0.25, 0.3) is 0 Å². The average molecular weight is 288 g/mol. The molecule has 1 heterocycles. The second-order valence-corrected chi connectivity index (χ2v) is 5.05. The van der Waals surface area contributed by atoms with Gasteiger partial charge >= 0.3 is 0 Å². The summed E-state index contributed by atoms with van der Waals surface area (Å²) in [5, 5.41) is 2.98. The van der Waals surface area contributed by atoms with Crippen molar-refractivity contribution in [2.75, 3.05) is 20.2 Å². The van der Waals surface area contributed by atoms with E-state index in [0.29, 0.717) is 6.61 Å². The molecule has 5 nitrogen and oxygen atoms in total. The fourth-order valence-electron chi connectivity index (χ4n) is 2.36. The summed E-state index contributed by atoms with van der Waals surface area (Å²) in [6, 6.07) is 7.64. The van der Waals surface area contributed by atoms with Gasteiger partial charge in [0.05, 0.1) is 19.2 Å². The van der Waals surface area contributed by atoms with Crippen LogP contribution in [0.3, 0.4) is 0 Å². The molecule has 1 N–H and O–H groups in total. The molecule has 1 aromatic rings. The largest absolute Gasteiger partial charge is 0.493 e. The first-order valence-electron chi connectivity index (χ1n) is 7.00. The van der Waals surface area contributed by atoms with Gasteiger partial charge in [0.2, 0.25) is 11.8 Å². The number of nitrogens with one attached hydrogen (secondary N) is 1. The first kappa shape index (κ1) is 15.1. The Morgan fingerprint density at radius 1 is 1.48 bits per heavy atom. The van der Waals surface area contributed by atoms with Crippen LogP contribution in [0.2, 0.25) is 0 Å². The van der Waals surface area contributed by atoms with Gasteiger partial charge in [-0.1, -0.05) is 24.8 Å². The average Bonchev–Trinajstić information content (AvgIpc) is 2.69. The smallest absolute Gasteiger partial charge is 0.246 e. The van der Waals surface area contributed by atoms with Gasteiger partial charge in [0, 0.05) is 12.6 Å². The van der Waals surface area contributed by atoms with Crippen molar-refractivity contribution in [1.82, 2.24) is 10.2 Å². The lowest BCUT2D eigenvalue weighted by Gasteiger charge is -2.20. The lowest BCUT2D eigenvalue weighted by molar-refractivity contribution is -0.131. The predicted octanol–water partition coefficient (Wildman–Crippen LogP) is 1.66. The van der Waals surface area contributed by atoms with Crippen LogP contribution in [0.5, 0.6) is 5.75 Å². The topological polar surface area (TPSA) is 58.6 Å². The Kier molecular flexibility index (Phi) is 4.98. The van der Waals surface area contributed by atoms with E-state index in [1.165, 1.54) is 11.0 Å². The van der Waals surface area contributed by atoms with E-state index in [-0.39, 0.29) is 24.4 Å². The van der Waals surface area contributed by atoms with E-state index in [1.807, 2.05) is 24.3 Å². The molecule has 0 spiro atoms. The molecule has 1 aliphatic rings. The summed E-state index contributed by atoms with van der Waals surface area (Å²) in [6.07, 6.45) is 2.89. The van der Waals surface area contributed by atoms with Crippen LogP contribution in [0.15, 0.2) is 36.9 Å². The van der Waals surface area contributed by atoms with Crippen molar-refractivity contribution in [3.63, 3.8) is 0 Å². The molecule has 21 heavy (non-hydrogen) atoms. The molecule has 0 saturated carbocycles. The summed E-state index contributed by atoms with van der Waals surface area (Å²) < 4.78 is 5.67. The van der Waals surface area contributed by atoms with Crippen LogP contribution < -0.4 is 10.1 Å². The number of likely N-dealkylation sites (N-methyl/N-ethyl adjacent to an activating group) is 1. The third kappa shape index (κ3) is 3.84. The minimum absolute atomic E-state index is 0.0182. The zero-order valence-electron chi connectivity index (χ0n) is 12.2. The molecule has 112 valence electrons. The van der Waals surface area contributed by atoms with Crippen molar-refractivity contribution in [1.29, 1.82) is 0 Å². The lowest BCUT2D eigenvalue weighted by Crippen LogP contribution is -2.39. The van der Waals surface area contributed by atoms with Gasteiger partial charge in [-0.25, -0.2) is 0 Å². The third-order valence-corrected chi connectivity index (χ3v) is 3.46. The van der Waals surface area contributed by atoms with Crippen molar-refractivity contribution in [2.24, 2.45) is 0 Å². The first-order chi connectivity index (χ1) is 10.1. The Bertz CT molecular complexity index is 542. The summed E-state index contributed by atoms with van der Waals surface area (Å²) in [6.45, 7) is 4.08. The molecule has 1 aromatic carbocycles. The summed E-state index contributed by atoms with van der Waals surface area (Å²) in [5.74, 6) is 0.361. The Balaban J connectivity index is 2.03.